The third-order valence-corrected chi connectivity index (χ3v) is 7.03. The number of pyridine rings is 1. The fourth-order valence-corrected chi connectivity index (χ4v) is 5.00. The number of halogens is 6. The molecule has 1 saturated heterocycles. The first kappa shape index (κ1) is 28.1. The van der Waals surface area contributed by atoms with Crippen LogP contribution in [-0.4, -0.2) is 91.6 Å². The number of methoxy groups -OCH3 is 1. The molecule has 1 aliphatic carbocycles. The van der Waals surface area contributed by atoms with Crippen molar-refractivity contribution in [1.29, 1.82) is 0 Å². The quantitative estimate of drug-likeness (QED) is 0.452. The molecule has 3 amide bonds. The van der Waals surface area contributed by atoms with Crippen LogP contribution in [0.15, 0.2) is 30.7 Å². The standard InChI is InChI=1S/C24H21F6N7O4/c1-41-19-13(4-11(7-32-19)15-2-3-16-18(31)33-10-34-37(15)16)21(39)36(22(40)24(28,29)30)17-9-35(8-14(17)25)20(38)12-5-23(26,27)6-12/h2-4,7,10,12,14,17H,5-6,8-9H2,1H3,(H2,31,33,34)/t14-,17+/m0/s1. The van der Waals surface area contributed by atoms with Gasteiger partial charge in [0.2, 0.25) is 17.7 Å². The monoisotopic (exact) mass is 585 g/mol. The normalized spacial score (nSPS) is 20.6. The van der Waals surface area contributed by atoms with E-state index in [4.69, 9.17) is 10.5 Å². The minimum absolute atomic E-state index is 0.117. The highest BCUT2D eigenvalue weighted by molar-refractivity contribution is 6.08. The summed E-state index contributed by atoms with van der Waals surface area (Å²) in [7, 11) is 1.08. The predicted molar refractivity (Wildman–Crippen MR) is 127 cm³/mol. The maximum atomic E-state index is 15.2. The van der Waals surface area contributed by atoms with Gasteiger partial charge in [-0.2, -0.15) is 18.3 Å². The molecule has 17 heteroatoms. The molecule has 2 N–H and O–H groups in total. The lowest BCUT2D eigenvalue weighted by atomic mass is 9.80. The number of fused-ring (bicyclic) bond motifs is 1. The second kappa shape index (κ2) is 9.88. The van der Waals surface area contributed by atoms with E-state index in [9.17, 15) is 36.3 Å². The Bertz CT molecular complexity index is 1540. The van der Waals surface area contributed by atoms with Crippen molar-refractivity contribution in [2.75, 3.05) is 25.9 Å². The second-order valence-corrected chi connectivity index (χ2v) is 9.71. The van der Waals surface area contributed by atoms with Crippen LogP contribution in [0.2, 0.25) is 0 Å². The lowest BCUT2D eigenvalue weighted by Gasteiger charge is -2.36. The molecule has 5 rings (SSSR count). The van der Waals surface area contributed by atoms with Crippen LogP contribution in [-0.2, 0) is 9.59 Å². The number of anilines is 1. The van der Waals surface area contributed by atoms with Gasteiger partial charge in [0.25, 0.3) is 5.91 Å². The summed E-state index contributed by atoms with van der Waals surface area (Å²) in [5.74, 6) is -9.73. The Balaban J connectivity index is 1.51. The summed E-state index contributed by atoms with van der Waals surface area (Å²) < 4.78 is 89.1. The van der Waals surface area contributed by atoms with Crippen molar-refractivity contribution in [2.45, 2.75) is 37.2 Å². The molecule has 11 nitrogen and oxygen atoms in total. The molecule has 3 aromatic rings. The average molecular weight is 585 g/mol. The first-order valence-corrected chi connectivity index (χ1v) is 12.1. The largest absolute Gasteiger partial charge is 0.480 e. The zero-order chi connectivity index (χ0) is 29.9. The highest BCUT2D eigenvalue weighted by Gasteiger charge is 2.55. The summed E-state index contributed by atoms with van der Waals surface area (Å²) in [5.41, 5.74) is 6.04. The van der Waals surface area contributed by atoms with Crippen LogP contribution in [0, 0.1) is 5.92 Å². The molecule has 0 aromatic carbocycles. The van der Waals surface area contributed by atoms with E-state index in [0.29, 0.717) is 11.2 Å². The number of nitrogens with zero attached hydrogens (tertiary/aromatic N) is 6. The Morgan fingerprint density at radius 1 is 1.15 bits per heavy atom. The summed E-state index contributed by atoms with van der Waals surface area (Å²) >= 11 is 0. The molecule has 2 aliphatic rings. The molecule has 0 spiro atoms. The zero-order valence-electron chi connectivity index (χ0n) is 21.1. The van der Waals surface area contributed by atoms with E-state index in [0.717, 1.165) is 24.4 Å². The van der Waals surface area contributed by atoms with Crippen LogP contribution < -0.4 is 10.5 Å². The SMILES string of the molecule is COc1ncc(-c2ccc3c(N)ncnn23)cc1C(=O)N(C(=O)C(F)(F)F)[C@@H]1CN(C(=O)C2CC(F)(F)C2)C[C@@H]1F. The van der Waals surface area contributed by atoms with Gasteiger partial charge in [0.15, 0.2) is 5.82 Å². The van der Waals surface area contributed by atoms with E-state index in [1.54, 1.807) is 6.07 Å². The fraction of sp³-hybridized carbons (Fsp3) is 0.417. The lowest BCUT2D eigenvalue weighted by molar-refractivity contribution is -0.184. The highest BCUT2D eigenvalue weighted by atomic mass is 19.4. The van der Waals surface area contributed by atoms with Gasteiger partial charge in [-0.15, -0.1) is 0 Å². The van der Waals surface area contributed by atoms with Gasteiger partial charge in [0.05, 0.1) is 25.4 Å². The van der Waals surface area contributed by atoms with Gasteiger partial charge < -0.3 is 15.4 Å². The number of nitrogens with two attached hydrogens (primary N) is 1. The lowest BCUT2D eigenvalue weighted by Crippen LogP contribution is -2.54. The number of likely N-dealkylation sites (tertiary alicyclic amines) is 1. The fourth-order valence-electron chi connectivity index (χ4n) is 5.00. The second-order valence-electron chi connectivity index (χ2n) is 9.71. The number of imide groups is 1. The molecule has 1 saturated carbocycles. The van der Waals surface area contributed by atoms with Gasteiger partial charge in [0, 0.05) is 37.1 Å². The number of hydrogen-bond acceptors (Lipinski definition) is 8. The zero-order valence-corrected chi connectivity index (χ0v) is 21.1. The van der Waals surface area contributed by atoms with Crippen molar-refractivity contribution < 1.29 is 45.5 Å². The van der Waals surface area contributed by atoms with Crippen molar-refractivity contribution in [2.24, 2.45) is 5.92 Å². The van der Waals surface area contributed by atoms with E-state index in [1.165, 1.54) is 16.8 Å². The van der Waals surface area contributed by atoms with E-state index >= 15 is 4.39 Å². The molecule has 1 aliphatic heterocycles. The van der Waals surface area contributed by atoms with Crippen LogP contribution in [0.3, 0.4) is 0 Å². The molecule has 2 atom stereocenters. The number of ether oxygens (including phenoxy) is 1. The van der Waals surface area contributed by atoms with Crippen molar-refractivity contribution >= 4 is 29.1 Å². The summed E-state index contributed by atoms with van der Waals surface area (Å²) in [6, 6.07) is 2.10. The first-order chi connectivity index (χ1) is 19.2. The van der Waals surface area contributed by atoms with Gasteiger partial charge in [-0.05, 0) is 18.2 Å². The van der Waals surface area contributed by atoms with E-state index in [2.05, 4.69) is 15.1 Å². The van der Waals surface area contributed by atoms with Crippen LogP contribution in [0.1, 0.15) is 23.2 Å². The molecule has 2 fully saturated rings. The first-order valence-electron chi connectivity index (χ1n) is 12.1. The molecular weight excluding hydrogens is 564 g/mol. The Hall–Kier alpha value is -4.44. The third kappa shape index (κ3) is 4.99. The summed E-state index contributed by atoms with van der Waals surface area (Å²) in [4.78, 5) is 47.0. The van der Waals surface area contributed by atoms with Gasteiger partial charge in [-0.3, -0.25) is 19.3 Å². The minimum atomic E-state index is -5.60. The number of alkyl halides is 6. The number of carbonyl (C=O) groups excluding carboxylic acids is 3. The van der Waals surface area contributed by atoms with E-state index in [1.807, 2.05) is 0 Å². The van der Waals surface area contributed by atoms with Crippen LogP contribution in [0.4, 0.5) is 32.2 Å². The Kier molecular flexibility index (Phi) is 6.77. The Morgan fingerprint density at radius 2 is 1.85 bits per heavy atom. The number of hydrogen-bond donors (Lipinski definition) is 1. The van der Waals surface area contributed by atoms with Gasteiger partial charge in [-0.1, -0.05) is 0 Å². The molecule has 0 radical (unpaired) electrons. The molecule has 4 heterocycles. The number of carbonyl (C=O) groups is 3. The minimum Gasteiger partial charge on any atom is -0.480 e. The van der Waals surface area contributed by atoms with Crippen molar-refractivity contribution in [3.05, 3.63) is 36.3 Å². The Labute approximate surface area is 226 Å². The smallest absolute Gasteiger partial charge is 0.471 e. The predicted octanol–water partition coefficient (Wildman–Crippen LogP) is 2.51. The maximum Gasteiger partial charge on any atom is 0.471 e. The summed E-state index contributed by atoms with van der Waals surface area (Å²) in [6.07, 6.45) is -7.08. The molecule has 3 aromatic heterocycles. The maximum absolute atomic E-state index is 15.2. The number of nitrogen functional groups attached to an aromatic ring is 1. The molecule has 0 unspecified atom stereocenters. The van der Waals surface area contributed by atoms with Gasteiger partial charge >= 0.3 is 12.1 Å². The molecule has 41 heavy (non-hydrogen) atoms. The summed E-state index contributed by atoms with van der Waals surface area (Å²) in [5, 5.41) is 4.06. The number of rotatable bonds is 5. The molecule has 0 bridgehead atoms. The van der Waals surface area contributed by atoms with E-state index in [-0.39, 0.29) is 16.3 Å². The molecular formula is C24H21F6N7O4. The number of aromatic nitrogens is 4. The third-order valence-electron chi connectivity index (χ3n) is 7.03. The summed E-state index contributed by atoms with van der Waals surface area (Å²) in [6.45, 7) is -1.60. The van der Waals surface area contributed by atoms with Crippen LogP contribution in [0.25, 0.3) is 16.8 Å². The highest BCUT2D eigenvalue weighted by Crippen LogP contribution is 2.44. The van der Waals surface area contributed by atoms with Gasteiger partial charge in [0.1, 0.15) is 23.6 Å². The molecule has 218 valence electrons. The van der Waals surface area contributed by atoms with Crippen molar-refractivity contribution in [3.8, 4) is 17.1 Å². The van der Waals surface area contributed by atoms with Crippen molar-refractivity contribution in [3.63, 3.8) is 0 Å². The van der Waals surface area contributed by atoms with Gasteiger partial charge in [-0.25, -0.2) is 27.7 Å². The van der Waals surface area contributed by atoms with Crippen molar-refractivity contribution in [1.82, 2.24) is 29.4 Å². The van der Waals surface area contributed by atoms with E-state index < -0.39 is 85.3 Å². The van der Waals surface area contributed by atoms with Crippen LogP contribution >= 0.6 is 0 Å². The average Bonchev–Trinajstić information content (AvgIpc) is 3.50. The number of amides is 3. The van der Waals surface area contributed by atoms with Crippen LogP contribution in [0.5, 0.6) is 5.88 Å². The topological polar surface area (TPSA) is 136 Å². The Morgan fingerprint density at radius 3 is 2.49 bits per heavy atom.